The Balaban J connectivity index is 1.53. The molecule has 3 aromatic rings. The Morgan fingerprint density at radius 3 is 2.35 bits per heavy atom. The van der Waals surface area contributed by atoms with Gasteiger partial charge >= 0.3 is 0 Å². The van der Waals surface area contributed by atoms with E-state index in [2.05, 4.69) is 43.3 Å². The third kappa shape index (κ3) is 5.60. The second kappa shape index (κ2) is 9.40. The van der Waals surface area contributed by atoms with E-state index in [4.69, 9.17) is 16.3 Å². The van der Waals surface area contributed by atoms with E-state index in [1.54, 1.807) is 30.6 Å². The van der Waals surface area contributed by atoms with E-state index in [1.165, 1.54) is 0 Å². The lowest BCUT2D eigenvalue weighted by Gasteiger charge is -2.46. The number of amides is 1. The monoisotopic (exact) mass is 477 g/mol. The van der Waals surface area contributed by atoms with Crippen LogP contribution in [0.3, 0.4) is 0 Å². The Kier molecular flexibility index (Phi) is 6.70. The van der Waals surface area contributed by atoms with Crippen molar-refractivity contribution < 1.29 is 9.53 Å². The van der Waals surface area contributed by atoms with Gasteiger partial charge in [0.1, 0.15) is 11.5 Å². The molecule has 0 atom stereocenters. The van der Waals surface area contributed by atoms with E-state index in [-0.39, 0.29) is 23.0 Å². The maximum absolute atomic E-state index is 13.0. The van der Waals surface area contributed by atoms with Crippen molar-refractivity contribution >= 4 is 17.5 Å². The summed E-state index contributed by atoms with van der Waals surface area (Å²) in [4.78, 5) is 17.1. The number of carbonyl (C=O) groups is 1. The molecule has 0 bridgehead atoms. The number of pyridine rings is 1. The van der Waals surface area contributed by atoms with Crippen molar-refractivity contribution in [1.82, 2.24) is 15.6 Å². The third-order valence-electron chi connectivity index (χ3n) is 6.14. The van der Waals surface area contributed by atoms with E-state index >= 15 is 0 Å². The topological polar surface area (TPSA) is 63.2 Å². The minimum Gasteiger partial charge on any atom is -0.455 e. The fraction of sp³-hybridized carbons (Fsp3) is 0.357. The molecule has 5 nitrogen and oxygen atoms in total. The molecule has 0 aliphatic carbocycles. The van der Waals surface area contributed by atoms with Crippen LogP contribution in [0.25, 0.3) is 11.1 Å². The number of hydrogen-bond acceptors (Lipinski definition) is 4. The number of hydrogen-bond donors (Lipinski definition) is 2. The van der Waals surface area contributed by atoms with Crippen molar-refractivity contribution in [3.05, 3.63) is 77.1 Å². The summed E-state index contributed by atoms with van der Waals surface area (Å²) in [7, 11) is 0. The average Bonchev–Trinajstić information content (AvgIpc) is 2.73. The number of piperidine rings is 1. The Hall–Kier alpha value is -2.89. The molecule has 0 radical (unpaired) electrons. The number of nitrogens with zero attached hydrogens (tertiary/aromatic N) is 1. The number of aryl methyl sites for hydroxylation is 1. The van der Waals surface area contributed by atoms with Gasteiger partial charge in [-0.2, -0.15) is 0 Å². The Morgan fingerprint density at radius 1 is 1.03 bits per heavy atom. The van der Waals surface area contributed by atoms with Gasteiger partial charge in [0.2, 0.25) is 0 Å². The molecule has 2 N–H and O–H groups in total. The van der Waals surface area contributed by atoms with Gasteiger partial charge < -0.3 is 15.4 Å². The molecule has 2 heterocycles. The van der Waals surface area contributed by atoms with Crippen LogP contribution in [-0.2, 0) is 0 Å². The Morgan fingerprint density at radius 2 is 1.71 bits per heavy atom. The highest BCUT2D eigenvalue weighted by Crippen LogP contribution is 2.38. The molecule has 2 aromatic carbocycles. The number of benzene rings is 2. The average molecular weight is 478 g/mol. The zero-order valence-electron chi connectivity index (χ0n) is 20.4. The molecule has 0 saturated carbocycles. The zero-order chi connectivity index (χ0) is 24.5. The lowest BCUT2D eigenvalue weighted by atomic mass is 9.79. The van der Waals surface area contributed by atoms with Gasteiger partial charge in [-0.1, -0.05) is 23.7 Å². The van der Waals surface area contributed by atoms with Crippen LogP contribution in [0.2, 0.25) is 5.02 Å². The molecular weight excluding hydrogens is 446 g/mol. The summed E-state index contributed by atoms with van der Waals surface area (Å²) in [6.07, 6.45) is 5.25. The maximum atomic E-state index is 13.0. The fourth-order valence-corrected chi connectivity index (χ4v) is 5.37. The first-order valence-corrected chi connectivity index (χ1v) is 12.0. The number of aromatic nitrogens is 1. The van der Waals surface area contributed by atoms with Crippen molar-refractivity contribution in [3.8, 4) is 22.6 Å². The third-order valence-corrected chi connectivity index (χ3v) is 6.44. The smallest absolute Gasteiger partial charge is 0.251 e. The van der Waals surface area contributed by atoms with Gasteiger partial charge in [-0.05, 0) is 95.0 Å². The standard InChI is InChI=1S/C28H32ClN3O2/c1-18-7-6-8-24(25(18)19-11-13-30-14-12-19)34-23-10-9-20(15-22(23)29)26(33)31-21-16-27(2,3)32-28(4,5)17-21/h6-15,21,32H,16-17H2,1-5H3,(H,31,33). The first kappa shape index (κ1) is 24.2. The number of halogens is 1. The number of carbonyl (C=O) groups excluding carboxylic acids is 1. The summed E-state index contributed by atoms with van der Waals surface area (Å²) >= 11 is 6.57. The van der Waals surface area contributed by atoms with E-state index in [0.717, 1.165) is 29.5 Å². The number of nitrogens with one attached hydrogen (secondary N) is 2. The molecule has 178 valence electrons. The molecule has 1 aromatic heterocycles. The first-order valence-electron chi connectivity index (χ1n) is 11.6. The van der Waals surface area contributed by atoms with Gasteiger partial charge in [-0.3, -0.25) is 9.78 Å². The highest BCUT2D eigenvalue weighted by atomic mass is 35.5. The maximum Gasteiger partial charge on any atom is 0.251 e. The van der Waals surface area contributed by atoms with Gasteiger partial charge in [0.05, 0.1) is 5.02 Å². The van der Waals surface area contributed by atoms with Gasteiger partial charge in [-0.25, -0.2) is 0 Å². The highest BCUT2D eigenvalue weighted by Gasteiger charge is 2.38. The molecule has 1 aliphatic rings. The Labute approximate surface area is 206 Å². The predicted molar refractivity (Wildman–Crippen MR) is 138 cm³/mol. The summed E-state index contributed by atoms with van der Waals surface area (Å²) in [5.41, 5.74) is 3.51. The van der Waals surface area contributed by atoms with Crippen molar-refractivity contribution in [3.63, 3.8) is 0 Å². The molecule has 1 fully saturated rings. The number of rotatable bonds is 5. The molecule has 0 unspecified atom stereocenters. The second-order valence-electron chi connectivity index (χ2n) is 10.4. The van der Waals surface area contributed by atoms with E-state index in [9.17, 15) is 4.79 Å². The Bertz CT molecular complexity index is 1180. The van der Waals surface area contributed by atoms with Crippen LogP contribution >= 0.6 is 11.6 Å². The lowest BCUT2D eigenvalue weighted by Crippen LogP contribution is -2.62. The van der Waals surface area contributed by atoms with Gasteiger partial charge in [0.25, 0.3) is 5.91 Å². The molecule has 6 heteroatoms. The molecule has 1 aliphatic heterocycles. The van der Waals surface area contributed by atoms with E-state index in [1.807, 2.05) is 37.3 Å². The summed E-state index contributed by atoms with van der Waals surface area (Å²) in [5, 5.41) is 7.23. The molecule has 1 amide bonds. The lowest BCUT2D eigenvalue weighted by molar-refractivity contribution is 0.0873. The van der Waals surface area contributed by atoms with E-state index < -0.39 is 0 Å². The van der Waals surface area contributed by atoms with Crippen LogP contribution in [-0.4, -0.2) is 28.0 Å². The van der Waals surface area contributed by atoms with Crippen molar-refractivity contribution in [2.45, 2.75) is 64.6 Å². The second-order valence-corrected chi connectivity index (χ2v) is 10.8. The SMILES string of the molecule is Cc1cccc(Oc2ccc(C(=O)NC3CC(C)(C)NC(C)(C)C3)cc2Cl)c1-c1ccncc1. The van der Waals surface area contributed by atoms with Crippen molar-refractivity contribution in [2.24, 2.45) is 0 Å². The molecule has 1 saturated heterocycles. The van der Waals surface area contributed by atoms with Crippen LogP contribution in [0.5, 0.6) is 11.5 Å². The summed E-state index contributed by atoms with van der Waals surface area (Å²) < 4.78 is 6.22. The molecule has 34 heavy (non-hydrogen) atoms. The summed E-state index contributed by atoms with van der Waals surface area (Å²) in [5.74, 6) is 1.08. The highest BCUT2D eigenvalue weighted by molar-refractivity contribution is 6.32. The van der Waals surface area contributed by atoms with Crippen LogP contribution in [0.4, 0.5) is 0 Å². The summed E-state index contributed by atoms with van der Waals surface area (Å²) in [6.45, 7) is 10.7. The molecule has 4 rings (SSSR count). The van der Waals surface area contributed by atoms with E-state index in [0.29, 0.717) is 22.1 Å². The largest absolute Gasteiger partial charge is 0.455 e. The van der Waals surface area contributed by atoms with Crippen LogP contribution in [0.1, 0.15) is 56.5 Å². The van der Waals surface area contributed by atoms with Crippen molar-refractivity contribution in [2.75, 3.05) is 0 Å². The van der Waals surface area contributed by atoms with Gasteiger partial charge in [0, 0.05) is 40.6 Å². The predicted octanol–water partition coefficient (Wildman–Crippen LogP) is 6.54. The zero-order valence-corrected chi connectivity index (χ0v) is 21.2. The summed E-state index contributed by atoms with van der Waals surface area (Å²) in [6, 6.07) is 15.1. The van der Waals surface area contributed by atoms with Crippen LogP contribution in [0.15, 0.2) is 60.9 Å². The number of ether oxygens (including phenoxy) is 1. The van der Waals surface area contributed by atoms with Crippen LogP contribution in [0, 0.1) is 6.92 Å². The van der Waals surface area contributed by atoms with Gasteiger partial charge in [-0.15, -0.1) is 0 Å². The minimum absolute atomic E-state index is 0.0463. The van der Waals surface area contributed by atoms with Crippen molar-refractivity contribution in [1.29, 1.82) is 0 Å². The quantitative estimate of drug-likeness (QED) is 0.437. The van der Waals surface area contributed by atoms with Crippen LogP contribution < -0.4 is 15.4 Å². The minimum atomic E-state index is -0.125. The first-order chi connectivity index (χ1) is 16.0. The molecular formula is C28H32ClN3O2. The normalized spacial score (nSPS) is 17.2. The fourth-order valence-electron chi connectivity index (χ4n) is 5.15. The molecule has 0 spiro atoms. The van der Waals surface area contributed by atoms with Gasteiger partial charge in [0.15, 0.2) is 0 Å².